The Bertz CT molecular complexity index is 1360. The lowest BCUT2D eigenvalue weighted by molar-refractivity contribution is -0.137. The highest BCUT2D eigenvalue weighted by atomic mass is 35.5. The summed E-state index contributed by atoms with van der Waals surface area (Å²) in [7, 11) is 0. The molecule has 36 heavy (non-hydrogen) atoms. The zero-order chi connectivity index (χ0) is 25.9. The Morgan fingerprint density at radius 1 is 1.08 bits per heavy atom. The van der Waals surface area contributed by atoms with Crippen LogP contribution in [0.25, 0.3) is 0 Å². The first-order valence-corrected chi connectivity index (χ1v) is 11.4. The van der Waals surface area contributed by atoms with Gasteiger partial charge in [-0.1, -0.05) is 23.7 Å². The Hall–Kier alpha value is -3.90. The molecule has 184 valence electrons. The van der Waals surface area contributed by atoms with Crippen LogP contribution >= 0.6 is 11.6 Å². The number of hydrogen-bond donors (Lipinski definition) is 1. The van der Waals surface area contributed by atoms with Gasteiger partial charge in [-0.2, -0.15) is 18.4 Å². The highest BCUT2D eigenvalue weighted by Crippen LogP contribution is 2.35. The first-order chi connectivity index (χ1) is 17.1. The fraction of sp³-hybridized carbons (Fsp3) is 0.231. The van der Waals surface area contributed by atoms with Gasteiger partial charge in [-0.25, -0.2) is 4.98 Å². The number of carbonyl (C=O) groups excluding carboxylic acids is 2. The van der Waals surface area contributed by atoms with Crippen molar-refractivity contribution in [2.45, 2.75) is 31.9 Å². The number of benzene rings is 2. The molecule has 0 radical (unpaired) electrons. The second kappa shape index (κ2) is 10.4. The predicted octanol–water partition coefficient (Wildman–Crippen LogP) is 6.12. The summed E-state index contributed by atoms with van der Waals surface area (Å²) in [6.45, 7) is 0. The molecule has 0 spiro atoms. The molecule has 0 aliphatic heterocycles. The fourth-order valence-electron chi connectivity index (χ4n) is 3.52. The van der Waals surface area contributed by atoms with Crippen LogP contribution in [0.4, 0.5) is 19.0 Å². The quantitative estimate of drug-likeness (QED) is 0.392. The number of ether oxygens (including phenoxy) is 1. The van der Waals surface area contributed by atoms with Gasteiger partial charge in [0, 0.05) is 31.0 Å². The molecule has 1 aromatic heterocycles. The number of alkyl halides is 3. The minimum absolute atomic E-state index is 0.0169. The van der Waals surface area contributed by atoms with E-state index in [0.29, 0.717) is 17.1 Å². The zero-order valence-electron chi connectivity index (χ0n) is 18.7. The Morgan fingerprint density at radius 2 is 1.78 bits per heavy atom. The highest BCUT2D eigenvalue weighted by molar-refractivity contribution is 6.31. The number of hydrogen-bond acceptors (Lipinski definition) is 5. The molecule has 2 aromatic carbocycles. The van der Waals surface area contributed by atoms with Gasteiger partial charge in [0.2, 0.25) is 5.91 Å². The van der Waals surface area contributed by atoms with Crippen molar-refractivity contribution >= 4 is 29.1 Å². The Kier molecular flexibility index (Phi) is 7.27. The third-order valence-corrected chi connectivity index (χ3v) is 5.79. The van der Waals surface area contributed by atoms with E-state index in [-0.39, 0.29) is 47.3 Å². The van der Waals surface area contributed by atoms with Gasteiger partial charge in [0.15, 0.2) is 0 Å². The van der Waals surface area contributed by atoms with Crippen molar-refractivity contribution in [1.82, 2.24) is 4.98 Å². The van der Waals surface area contributed by atoms with Crippen LogP contribution in [0.5, 0.6) is 11.5 Å². The molecule has 1 aliphatic rings. The normalized spacial score (nSPS) is 13.1. The maximum atomic E-state index is 13.1. The second-order valence-electron chi connectivity index (χ2n) is 8.39. The maximum Gasteiger partial charge on any atom is 0.417 e. The molecule has 1 aliphatic carbocycles. The predicted molar refractivity (Wildman–Crippen MR) is 126 cm³/mol. The Balaban J connectivity index is 1.43. The smallest absolute Gasteiger partial charge is 0.417 e. The van der Waals surface area contributed by atoms with Crippen LogP contribution in [0, 0.1) is 17.2 Å². The summed E-state index contributed by atoms with van der Waals surface area (Å²) in [6, 6.07) is 13.1. The lowest BCUT2D eigenvalue weighted by Gasteiger charge is -2.11. The summed E-state index contributed by atoms with van der Waals surface area (Å²) in [4.78, 5) is 28.5. The summed E-state index contributed by atoms with van der Waals surface area (Å²) in [6.07, 6.45) is -1.73. The molecule has 1 saturated carbocycles. The van der Waals surface area contributed by atoms with E-state index in [1.807, 2.05) is 6.07 Å². The Morgan fingerprint density at radius 3 is 2.44 bits per heavy atom. The molecule has 0 bridgehead atoms. The molecule has 0 unspecified atom stereocenters. The van der Waals surface area contributed by atoms with Crippen molar-refractivity contribution in [3.8, 4) is 17.6 Å². The molecular weight excluding hydrogens is 495 g/mol. The van der Waals surface area contributed by atoms with Crippen molar-refractivity contribution in [1.29, 1.82) is 5.26 Å². The van der Waals surface area contributed by atoms with E-state index in [1.165, 1.54) is 24.4 Å². The molecule has 10 heteroatoms. The number of halogens is 4. The standard InChI is InChI=1S/C26H19ClF3N3O3/c27-22-5-1-16(12-21(22)26(28,29)30)11-19(34)10-15-2-6-23(18(9-15)14-31)36-20-7-8-32-24(13-20)33-25(35)17-3-4-17/h1-2,5-9,12-13,17H,3-4,10-11H2,(H,32,33,35). The maximum absolute atomic E-state index is 13.1. The van der Waals surface area contributed by atoms with E-state index in [9.17, 15) is 28.0 Å². The van der Waals surface area contributed by atoms with Gasteiger partial charge < -0.3 is 10.1 Å². The summed E-state index contributed by atoms with van der Waals surface area (Å²) in [5, 5.41) is 11.9. The van der Waals surface area contributed by atoms with Crippen LogP contribution in [-0.2, 0) is 28.6 Å². The molecule has 1 heterocycles. The molecule has 0 saturated heterocycles. The summed E-state index contributed by atoms with van der Waals surface area (Å²) in [5.41, 5.74) is -0.110. The minimum Gasteiger partial charge on any atom is -0.456 e. The minimum atomic E-state index is -4.62. The van der Waals surface area contributed by atoms with E-state index in [2.05, 4.69) is 10.3 Å². The molecule has 1 N–H and O–H groups in total. The number of amides is 1. The van der Waals surface area contributed by atoms with Crippen LogP contribution in [0.15, 0.2) is 54.7 Å². The van der Waals surface area contributed by atoms with Crippen molar-refractivity contribution in [3.63, 3.8) is 0 Å². The number of rotatable bonds is 8. The molecular formula is C26H19ClF3N3O3. The number of nitriles is 1. The monoisotopic (exact) mass is 513 g/mol. The molecule has 6 nitrogen and oxygen atoms in total. The number of pyridine rings is 1. The van der Waals surface area contributed by atoms with E-state index in [4.69, 9.17) is 16.3 Å². The topological polar surface area (TPSA) is 92.1 Å². The first-order valence-electron chi connectivity index (χ1n) is 11.0. The van der Waals surface area contributed by atoms with Crippen LogP contribution in [0.2, 0.25) is 5.02 Å². The van der Waals surface area contributed by atoms with Gasteiger partial charge in [-0.3, -0.25) is 9.59 Å². The number of ketones is 1. The Labute approximate surface area is 209 Å². The van der Waals surface area contributed by atoms with Crippen molar-refractivity contribution in [3.05, 3.63) is 82.0 Å². The summed E-state index contributed by atoms with van der Waals surface area (Å²) >= 11 is 5.63. The first kappa shape index (κ1) is 25.2. The van der Waals surface area contributed by atoms with Crippen LogP contribution < -0.4 is 10.1 Å². The number of nitrogens with zero attached hydrogens (tertiary/aromatic N) is 2. The lowest BCUT2D eigenvalue weighted by atomic mass is 10.00. The van der Waals surface area contributed by atoms with Gasteiger partial charge in [-0.05, 0) is 54.3 Å². The van der Waals surface area contributed by atoms with Crippen molar-refractivity contribution < 1.29 is 27.5 Å². The third-order valence-electron chi connectivity index (χ3n) is 5.46. The van der Waals surface area contributed by atoms with Gasteiger partial charge >= 0.3 is 6.18 Å². The van der Waals surface area contributed by atoms with Gasteiger partial charge in [0.1, 0.15) is 29.2 Å². The highest BCUT2D eigenvalue weighted by Gasteiger charge is 2.33. The molecule has 0 atom stereocenters. The average Bonchev–Trinajstić information content (AvgIpc) is 3.66. The molecule has 3 aromatic rings. The van der Waals surface area contributed by atoms with E-state index in [1.54, 1.807) is 18.2 Å². The van der Waals surface area contributed by atoms with E-state index >= 15 is 0 Å². The van der Waals surface area contributed by atoms with E-state index < -0.39 is 16.8 Å². The zero-order valence-corrected chi connectivity index (χ0v) is 19.5. The fourth-order valence-corrected chi connectivity index (χ4v) is 3.75. The van der Waals surface area contributed by atoms with Crippen molar-refractivity contribution in [2.24, 2.45) is 5.92 Å². The number of nitrogens with one attached hydrogen (secondary N) is 1. The number of anilines is 1. The largest absolute Gasteiger partial charge is 0.456 e. The van der Waals surface area contributed by atoms with Crippen LogP contribution in [-0.4, -0.2) is 16.7 Å². The van der Waals surface area contributed by atoms with Gasteiger partial charge in [0.25, 0.3) is 0 Å². The summed E-state index contributed by atoms with van der Waals surface area (Å²) in [5.74, 6) is 0.531. The van der Waals surface area contributed by atoms with Gasteiger partial charge in [0.05, 0.1) is 16.1 Å². The van der Waals surface area contributed by atoms with Gasteiger partial charge in [-0.15, -0.1) is 0 Å². The third kappa shape index (κ3) is 6.40. The number of carbonyl (C=O) groups is 2. The van der Waals surface area contributed by atoms with Crippen molar-refractivity contribution in [2.75, 3.05) is 5.32 Å². The van der Waals surface area contributed by atoms with Crippen LogP contribution in [0.3, 0.4) is 0 Å². The lowest BCUT2D eigenvalue weighted by Crippen LogP contribution is -2.14. The van der Waals surface area contributed by atoms with E-state index in [0.717, 1.165) is 25.0 Å². The molecule has 1 fully saturated rings. The molecule has 4 rings (SSSR count). The van der Waals surface area contributed by atoms with Crippen LogP contribution in [0.1, 0.15) is 35.1 Å². The number of Topliss-reactive ketones (excluding diaryl/α,β-unsaturated/α-hetero) is 1. The number of aromatic nitrogens is 1. The second-order valence-corrected chi connectivity index (χ2v) is 8.80. The SMILES string of the molecule is N#Cc1cc(CC(=O)Cc2ccc(Cl)c(C(F)(F)F)c2)ccc1Oc1ccnc(NC(=O)C2CC2)c1. The summed E-state index contributed by atoms with van der Waals surface area (Å²) < 4.78 is 45.0. The average molecular weight is 514 g/mol. The molecule has 1 amide bonds.